The van der Waals surface area contributed by atoms with E-state index in [1.54, 1.807) is 6.07 Å². The number of carboxylic acid groups (broad SMARTS) is 1. The standard InChI is InChI=1S/C16H19NO4/c18-10-12-2-1-5-17(9-12)8-11-3-4-14-13(6-11)7-15(21-14)16(19)20/h3-4,6-7,12,18H,1-2,5,8-10H2,(H,19,20). The minimum Gasteiger partial charge on any atom is -0.475 e. The van der Waals surface area contributed by atoms with Crippen LogP contribution in [-0.2, 0) is 6.54 Å². The summed E-state index contributed by atoms with van der Waals surface area (Å²) in [4.78, 5) is 13.3. The Kier molecular flexibility index (Phi) is 3.94. The Morgan fingerprint density at radius 1 is 1.38 bits per heavy atom. The molecule has 5 nitrogen and oxygen atoms in total. The van der Waals surface area contributed by atoms with E-state index in [-0.39, 0.29) is 12.4 Å². The molecule has 1 fully saturated rings. The quantitative estimate of drug-likeness (QED) is 0.903. The van der Waals surface area contributed by atoms with Gasteiger partial charge in [-0.25, -0.2) is 4.79 Å². The van der Waals surface area contributed by atoms with Crippen molar-refractivity contribution in [2.24, 2.45) is 5.92 Å². The number of fused-ring (bicyclic) bond motifs is 1. The number of rotatable bonds is 4. The van der Waals surface area contributed by atoms with Crippen molar-refractivity contribution in [3.63, 3.8) is 0 Å². The maximum absolute atomic E-state index is 10.9. The summed E-state index contributed by atoms with van der Waals surface area (Å²) in [7, 11) is 0. The third kappa shape index (κ3) is 3.09. The number of hydrogen-bond donors (Lipinski definition) is 2. The van der Waals surface area contributed by atoms with Crippen molar-refractivity contribution in [3.8, 4) is 0 Å². The highest BCUT2D eigenvalue weighted by Gasteiger charge is 2.19. The van der Waals surface area contributed by atoms with Crippen LogP contribution in [0.3, 0.4) is 0 Å². The average molecular weight is 289 g/mol. The highest BCUT2D eigenvalue weighted by atomic mass is 16.4. The minimum absolute atomic E-state index is 0.0273. The van der Waals surface area contributed by atoms with Gasteiger partial charge in [0.25, 0.3) is 0 Å². The summed E-state index contributed by atoms with van der Waals surface area (Å²) >= 11 is 0. The first-order chi connectivity index (χ1) is 10.2. The van der Waals surface area contributed by atoms with Crippen LogP contribution in [-0.4, -0.2) is 40.8 Å². The fourth-order valence-corrected chi connectivity index (χ4v) is 3.00. The van der Waals surface area contributed by atoms with E-state index in [1.165, 1.54) is 0 Å². The number of likely N-dealkylation sites (tertiary alicyclic amines) is 1. The highest BCUT2D eigenvalue weighted by molar-refractivity contribution is 5.91. The van der Waals surface area contributed by atoms with Gasteiger partial charge in [-0.15, -0.1) is 0 Å². The Morgan fingerprint density at radius 2 is 2.24 bits per heavy atom. The third-order valence-electron chi connectivity index (χ3n) is 4.06. The average Bonchev–Trinajstić information content (AvgIpc) is 2.91. The van der Waals surface area contributed by atoms with Gasteiger partial charge >= 0.3 is 5.97 Å². The molecule has 1 aliphatic heterocycles. The number of piperidine rings is 1. The van der Waals surface area contributed by atoms with Crippen LogP contribution in [0.15, 0.2) is 28.7 Å². The Balaban J connectivity index is 1.76. The lowest BCUT2D eigenvalue weighted by Crippen LogP contribution is -2.36. The molecule has 5 heteroatoms. The first-order valence-corrected chi connectivity index (χ1v) is 7.24. The Labute approximate surface area is 122 Å². The van der Waals surface area contributed by atoms with Gasteiger partial charge in [0, 0.05) is 25.1 Å². The van der Waals surface area contributed by atoms with Crippen molar-refractivity contribution < 1.29 is 19.4 Å². The van der Waals surface area contributed by atoms with Gasteiger partial charge in [-0.3, -0.25) is 4.90 Å². The van der Waals surface area contributed by atoms with Crippen molar-refractivity contribution >= 4 is 16.9 Å². The minimum atomic E-state index is -1.05. The number of aliphatic hydroxyl groups excluding tert-OH is 1. The molecule has 2 aromatic rings. The number of hydrogen-bond acceptors (Lipinski definition) is 4. The van der Waals surface area contributed by atoms with Gasteiger partial charge in [-0.2, -0.15) is 0 Å². The summed E-state index contributed by atoms with van der Waals surface area (Å²) in [6, 6.07) is 7.34. The molecule has 1 saturated heterocycles. The number of carboxylic acids is 1. The molecule has 0 radical (unpaired) electrons. The number of aromatic carboxylic acids is 1. The molecule has 0 spiro atoms. The molecular formula is C16H19NO4. The number of benzene rings is 1. The van der Waals surface area contributed by atoms with E-state index in [2.05, 4.69) is 4.90 Å². The highest BCUT2D eigenvalue weighted by Crippen LogP contribution is 2.23. The van der Waals surface area contributed by atoms with Gasteiger partial charge in [0.15, 0.2) is 0 Å². The molecule has 1 aromatic heterocycles. The third-order valence-corrected chi connectivity index (χ3v) is 4.06. The summed E-state index contributed by atoms with van der Waals surface area (Å²) in [5.74, 6) is -0.704. The molecule has 2 heterocycles. The van der Waals surface area contributed by atoms with Gasteiger partial charge in [0.2, 0.25) is 5.76 Å². The second-order valence-corrected chi connectivity index (χ2v) is 5.71. The lowest BCUT2D eigenvalue weighted by Gasteiger charge is -2.31. The Morgan fingerprint density at radius 3 is 3.00 bits per heavy atom. The maximum atomic E-state index is 10.9. The molecule has 112 valence electrons. The van der Waals surface area contributed by atoms with Crippen molar-refractivity contribution in [1.82, 2.24) is 4.90 Å². The van der Waals surface area contributed by atoms with E-state index < -0.39 is 5.97 Å². The lowest BCUT2D eigenvalue weighted by molar-refractivity contribution is 0.0665. The molecule has 0 amide bonds. The number of nitrogens with zero attached hydrogens (tertiary/aromatic N) is 1. The molecule has 3 rings (SSSR count). The van der Waals surface area contributed by atoms with Gasteiger partial charge in [0.1, 0.15) is 5.58 Å². The molecule has 0 bridgehead atoms. The zero-order valence-electron chi connectivity index (χ0n) is 11.8. The molecule has 1 unspecified atom stereocenters. The van der Waals surface area contributed by atoms with Gasteiger partial charge < -0.3 is 14.6 Å². The number of aliphatic hydroxyl groups is 1. The van der Waals surface area contributed by atoms with E-state index in [1.807, 2.05) is 18.2 Å². The number of furan rings is 1. The van der Waals surface area contributed by atoms with Gasteiger partial charge in [-0.05, 0) is 49.1 Å². The van der Waals surface area contributed by atoms with E-state index in [9.17, 15) is 9.90 Å². The normalized spacial score (nSPS) is 20.0. The lowest BCUT2D eigenvalue weighted by atomic mass is 9.98. The predicted octanol–water partition coefficient (Wildman–Crippen LogP) is 2.34. The van der Waals surface area contributed by atoms with Gasteiger partial charge in [-0.1, -0.05) is 6.07 Å². The largest absolute Gasteiger partial charge is 0.475 e. The van der Waals surface area contributed by atoms with Crippen molar-refractivity contribution in [3.05, 3.63) is 35.6 Å². The summed E-state index contributed by atoms with van der Waals surface area (Å²) in [5, 5.41) is 19.0. The number of carbonyl (C=O) groups is 1. The van der Waals surface area contributed by atoms with Gasteiger partial charge in [0.05, 0.1) is 0 Å². The van der Waals surface area contributed by atoms with Crippen LogP contribution in [0.1, 0.15) is 29.0 Å². The monoisotopic (exact) mass is 289 g/mol. The summed E-state index contributed by atoms with van der Waals surface area (Å²) in [6.45, 7) is 3.03. The van der Waals surface area contributed by atoms with Crippen LogP contribution in [0.4, 0.5) is 0 Å². The molecule has 2 N–H and O–H groups in total. The van der Waals surface area contributed by atoms with Crippen LogP contribution in [0.5, 0.6) is 0 Å². The molecule has 0 aliphatic carbocycles. The second kappa shape index (κ2) is 5.87. The van der Waals surface area contributed by atoms with Crippen molar-refractivity contribution in [2.75, 3.05) is 19.7 Å². The van der Waals surface area contributed by atoms with Crippen molar-refractivity contribution in [2.45, 2.75) is 19.4 Å². The topological polar surface area (TPSA) is 73.9 Å². The maximum Gasteiger partial charge on any atom is 0.371 e. The fraction of sp³-hybridized carbons (Fsp3) is 0.438. The molecule has 1 aromatic carbocycles. The molecule has 1 aliphatic rings. The van der Waals surface area contributed by atoms with Crippen LogP contribution in [0.25, 0.3) is 11.0 Å². The van der Waals surface area contributed by atoms with E-state index in [4.69, 9.17) is 9.52 Å². The van der Waals surface area contributed by atoms with Crippen molar-refractivity contribution in [1.29, 1.82) is 0 Å². The molecule has 0 saturated carbocycles. The SMILES string of the molecule is O=C(O)c1cc2cc(CN3CCCC(CO)C3)ccc2o1. The summed E-state index contributed by atoms with van der Waals surface area (Å²) < 4.78 is 5.26. The second-order valence-electron chi connectivity index (χ2n) is 5.71. The molecule has 21 heavy (non-hydrogen) atoms. The van der Waals surface area contributed by atoms with E-state index >= 15 is 0 Å². The first kappa shape index (κ1) is 14.1. The summed E-state index contributed by atoms with van der Waals surface area (Å²) in [5.41, 5.74) is 1.74. The van der Waals surface area contributed by atoms with Crippen LogP contribution >= 0.6 is 0 Å². The van der Waals surface area contributed by atoms with Crippen LogP contribution in [0, 0.1) is 5.92 Å². The van der Waals surface area contributed by atoms with E-state index in [0.717, 1.165) is 43.4 Å². The summed E-state index contributed by atoms with van der Waals surface area (Å²) in [6.07, 6.45) is 2.21. The Hall–Kier alpha value is -1.85. The fourth-order valence-electron chi connectivity index (χ4n) is 3.00. The zero-order chi connectivity index (χ0) is 14.8. The van der Waals surface area contributed by atoms with Crippen LogP contribution < -0.4 is 0 Å². The first-order valence-electron chi connectivity index (χ1n) is 7.24. The zero-order valence-corrected chi connectivity index (χ0v) is 11.8. The smallest absolute Gasteiger partial charge is 0.371 e. The van der Waals surface area contributed by atoms with Crippen LogP contribution in [0.2, 0.25) is 0 Å². The Bertz CT molecular complexity index is 649. The molecule has 1 atom stereocenters. The van der Waals surface area contributed by atoms with E-state index in [0.29, 0.717) is 11.5 Å². The predicted molar refractivity (Wildman–Crippen MR) is 78.3 cm³/mol. The molecular weight excluding hydrogens is 270 g/mol.